The van der Waals surface area contributed by atoms with Crippen molar-refractivity contribution in [2.45, 2.75) is 39.0 Å². The normalized spacial score (nSPS) is 17.5. The van der Waals surface area contributed by atoms with E-state index in [0.717, 1.165) is 24.6 Å². The number of carbonyl (C=O) groups is 1. The Bertz CT molecular complexity index is 442. The third-order valence-corrected chi connectivity index (χ3v) is 4.27. The number of hydrogen-bond acceptors (Lipinski definition) is 2. The van der Waals surface area contributed by atoms with E-state index in [0.29, 0.717) is 0 Å². The lowest BCUT2D eigenvalue weighted by molar-refractivity contribution is -0.142. The van der Waals surface area contributed by atoms with Crippen LogP contribution >= 0.6 is 0 Å². The predicted octanol–water partition coefficient (Wildman–Crippen LogP) is 3.29. The first-order chi connectivity index (χ1) is 8.91. The topological polar surface area (TPSA) is 40.5 Å². The van der Waals surface area contributed by atoms with Crippen molar-refractivity contribution in [2.24, 2.45) is 5.92 Å². The van der Waals surface area contributed by atoms with Crippen molar-refractivity contribution in [1.29, 1.82) is 0 Å². The van der Waals surface area contributed by atoms with Gasteiger partial charge in [0.1, 0.15) is 0 Å². The average molecular weight is 261 g/mol. The maximum atomic E-state index is 11.2. The Kier molecular flexibility index (Phi) is 3.83. The van der Waals surface area contributed by atoms with Crippen LogP contribution in [0.3, 0.4) is 0 Å². The van der Waals surface area contributed by atoms with Gasteiger partial charge < -0.3 is 10.0 Å². The molecule has 104 valence electrons. The Balaban J connectivity index is 2.13. The van der Waals surface area contributed by atoms with Gasteiger partial charge in [0.2, 0.25) is 0 Å². The Morgan fingerprint density at radius 2 is 1.74 bits per heavy atom. The lowest BCUT2D eigenvalue weighted by Crippen LogP contribution is -2.33. The molecule has 1 aliphatic heterocycles. The number of carboxylic acids is 1. The molecule has 1 fully saturated rings. The minimum Gasteiger partial charge on any atom is -0.481 e. The van der Waals surface area contributed by atoms with Crippen molar-refractivity contribution in [1.82, 2.24) is 0 Å². The molecule has 0 aliphatic carbocycles. The monoisotopic (exact) mass is 261 g/mol. The molecule has 0 saturated carbocycles. The fourth-order valence-electron chi connectivity index (χ4n) is 2.48. The van der Waals surface area contributed by atoms with Gasteiger partial charge in [0, 0.05) is 18.8 Å². The zero-order valence-corrected chi connectivity index (χ0v) is 12.0. The highest BCUT2D eigenvalue weighted by Crippen LogP contribution is 2.28. The van der Waals surface area contributed by atoms with Gasteiger partial charge in [-0.15, -0.1) is 0 Å². The molecule has 19 heavy (non-hydrogen) atoms. The van der Waals surface area contributed by atoms with Crippen LogP contribution in [0.25, 0.3) is 0 Å². The average Bonchev–Trinajstić information content (AvgIpc) is 2.39. The van der Waals surface area contributed by atoms with Gasteiger partial charge in [-0.3, -0.25) is 4.79 Å². The summed E-state index contributed by atoms with van der Waals surface area (Å²) < 4.78 is 0. The largest absolute Gasteiger partial charge is 0.481 e. The number of aliphatic carboxylic acids is 1. The number of anilines is 1. The highest BCUT2D eigenvalue weighted by atomic mass is 16.4. The molecule has 1 saturated heterocycles. The minimum atomic E-state index is -0.824. The second-order valence-corrected chi connectivity index (χ2v) is 6.15. The Labute approximate surface area is 115 Å². The van der Waals surface area contributed by atoms with Gasteiger partial charge in [-0.1, -0.05) is 19.1 Å². The minimum absolute atomic E-state index is 0.785. The zero-order chi connectivity index (χ0) is 14.0. The fourth-order valence-corrected chi connectivity index (χ4v) is 2.48. The van der Waals surface area contributed by atoms with Crippen LogP contribution in [-0.4, -0.2) is 24.2 Å². The van der Waals surface area contributed by atoms with Gasteiger partial charge in [-0.2, -0.15) is 0 Å². The van der Waals surface area contributed by atoms with Crippen molar-refractivity contribution in [3.8, 4) is 0 Å². The molecule has 0 aromatic heterocycles. The molecule has 3 heteroatoms. The maximum absolute atomic E-state index is 11.2. The molecule has 1 aromatic carbocycles. The van der Waals surface area contributed by atoms with Gasteiger partial charge in [-0.25, -0.2) is 0 Å². The van der Waals surface area contributed by atoms with Crippen LogP contribution in [0.5, 0.6) is 0 Å². The number of rotatable bonds is 3. The molecule has 1 N–H and O–H groups in total. The summed E-state index contributed by atoms with van der Waals surface area (Å²) in [6, 6.07) is 8.00. The molecule has 1 heterocycles. The highest BCUT2D eigenvalue weighted by Gasteiger charge is 2.29. The number of benzene rings is 1. The van der Waals surface area contributed by atoms with Gasteiger partial charge in [-0.05, 0) is 50.3 Å². The standard InChI is InChI=1S/C16H23NO2/c1-12-8-10-17(11-9-12)14-6-4-13(5-7-14)16(2,3)15(18)19/h4-7,12H,8-11H2,1-3H3,(H,18,19). The molecular weight excluding hydrogens is 238 g/mol. The summed E-state index contributed by atoms with van der Waals surface area (Å²) in [5.41, 5.74) is 1.24. The van der Waals surface area contributed by atoms with E-state index in [1.165, 1.54) is 18.5 Å². The fraction of sp³-hybridized carbons (Fsp3) is 0.562. The summed E-state index contributed by atoms with van der Waals surface area (Å²) in [6.45, 7) is 7.99. The Morgan fingerprint density at radius 3 is 2.21 bits per heavy atom. The maximum Gasteiger partial charge on any atom is 0.313 e. The van der Waals surface area contributed by atoms with Crippen LogP contribution in [0.15, 0.2) is 24.3 Å². The summed E-state index contributed by atoms with van der Waals surface area (Å²) in [4.78, 5) is 13.6. The van der Waals surface area contributed by atoms with E-state index < -0.39 is 11.4 Å². The van der Waals surface area contributed by atoms with E-state index in [9.17, 15) is 9.90 Å². The SMILES string of the molecule is CC1CCN(c2ccc(C(C)(C)C(=O)O)cc2)CC1. The van der Waals surface area contributed by atoms with E-state index in [4.69, 9.17) is 0 Å². The Morgan fingerprint density at radius 1 is 1.21 bits per heavy atom. The zero-order valence-electron chi connectivity index (χ0n) is 12.0. The molecule has 0 unspecified atom stereocenters. The number of piperidine rings is 1. The molecule has 1 aromatic rings. The van der Waals surface area contributed by atoms with E-state index in [1.54, 1.807) is 13.8 Å². The second-order valence-electron chi connectivity index (χ2n) is 6.15. The molecule has 0 radical (unpaired) electrons. The quantitative estimate of drug-likeness (QED) is 0.907. The summed E-state index contributed by atoms with van der Waals surface area (Å²) in [7, 11) is 0. The summed E-state index contributed by atoms with van der Waals surface area (Å²) in [5.74, 6) is 0.0357. The molecular formula is C16H23NO2. The summed E-state index contributed by atoms with van der Waals surface area (Å²) in [6.07, 6.45) is 2.48. The van der Waals surface area contributed by atoms with Crippen LogP contribution in [-0.2, 0) is 10.2 Å². The number of carboxylic acid groups (broad SMARTS) is 1. The Hall–Kier alpha value is -1.51. The highest BCUT2D eigenvalue weighted by molar-refractivity contribution is 5.80. The van der Waals surface area contributed by atoms with Gasteiger partial charge in [0.25, 0.3) is 0 Å². The lowest BCUT2D eigenvalue weighted by Gasteiger charge is -2.32. The van der Waals surface area contributed by atoms with Crippen molar-refractivity contribution < 1.29 is 9.90 Å². The second kappa shape index (κ2) is 5.24. The van der Waals surface area contributed by atoms with Crippen molar-refractivity contribution in [3.63, 3.8) is 0 Å². The summed E-state index contributed by atoms with van der Waals surface area (Å²) >= 11 is 0. The number of nitrogens with zero attached hydrogens (tertiary/aromatic N) is 1. The van der Waals surface area contributed by atoms with Crippen LogP contribution < -0.4 is 4.90 Å². The van der Waals surface area contributed by atoms with Crippen LogP contribution in [0.1, 0.15) is 39.2 Å². The predicted molar refractivity (Wildman–Crippen MR) is 77.7 cm³/mol. The van der Waals surface area contributed by atoms with Crippen LogP contribution in [0.2, 0.25) is 0 Å². The van der Waals surface area contributed by atoms with Gasteiger partial charge in [0.15, 0.2) is 0 Å². The molecule has 1 aliphatic rings. The van der Waals surface area contributed by atoms with Crippen LogP contribution in [0.4, 0.5) is 5.69 Å². The third-order valence-electron chi connectivity index (χ3n) is 4.27. The van der Waals surface area contributed by atoms with E-state index in [-0.39, 0.29) is 0 Å². The lowest BCUT2D eigenvalue weighted by atomic mass is 9.85. The first-order valence-corrected chi connectivity index (χ1v) is 7.00. The van der Waals surface area contributed by atoms with Crippen molar-refractivity contribution >= 4 is 11.7 Å². The van der Waals surface area contributed by atoms with Gasteiger partial charge >= 0.3 is 5.97 Å². The van der Waals surface area contributed by atoms with E-state index in [2.05, 4.69) is 24.0 Å². The smallest absolute Gasteiger partial charge is 0.313 e. The summed E-state index contributed by atoms with van der Waals surface area (Å²) in [5, 5.41) is 9.23. The van der Waals surface area contributed by atoms with Gasteiger partial charge in [0.05, 0.1) is 5.41 Å². The molecule has 0 atom stereocenters. The molecule has 0 spiro atoms. The molecule has 2 rings (SSSR count). The van der Waals surface area contributed by atoms with Crippen LogP contribution in [0, 0.1) is 5.92 Å². The van der Waals surface area contributed by atoms with Crippen molar-refractivity contribution in [2.75, 3.05) is 18.0 Å². The first kappa shape index (κ1) is 13.9. The van der Waals surface area contributed by atoms with E-state index in [1.807, 2.05) is 12.1 Å². The number of hydrogen-bond donors (Lipinski definition) is 1. The van der Waals surface area contributed by atoms with E-state index >= 15 is 0 Å². The molecule has 0 amide bonds. The molecule has 3 nitrogen and oxygen atoms in total. The molecule has 0 bridgehead atoms. The third kappa shape index (κ3) is 2.91. The van der Waals surface area contributed by atoms with Crippen molar-refractivity contribution in [3.05, 3.63) is 29.8 Å². The first-order valence-electron chi connectivity index (χ1n) is 7.00.